The quantitative estimate of drug-likeness (QED) is 0.774. The molecule has 1 aromatic carbocycles. The summed E-state index contributed by atoms with van der Waals surface area (Å²) in [6, 6.07) is 6.82. The fourth-order valence-corrected chi connectivity index (χ4v) is 2.44. The highest BCUT2D eigenvalue weighted by atomic mass is 32.2. The molecule has 4 N–H and O–H groups in total. The van der Waals surface area contributed by atoms with E-state index in [1.807, 2.05) is 13.0 Å². The van der Waals surface area contributed by atoms with Gasteiger partial charge in [-0.05, 0) is 24.6 Å². The number of nitrogens with zero attached hydrogens (tertiary/aromatic N) is 1. The van der Waals surface area contributed by atoms with Crippen molar-refractivity contribution < 1.29 is 8.42 Å². The molecule has 0 saturated carbocycles. The van der Waals surface area contributed by atoms with Gasteiger partial charge in [-0.2, -0.15) is 8.42 Å². The summed E-state index contributed by atoms with van der Waals surface area (Å²) in [5, 5.41) is 0.0219. The van der Waals surface area contributed by atoms with Crippen LogP contribution in [0.5, 0.6) is 0 Å². The second-order valence-electron chi connectivity index (χ2n) is 3.94. The van der Waals surface area contributed by atoms with Gasteiger partial charge in [-0.3, -0.25) is 4.72 Å². The Morgan fingerprint density at radius 3 is 2.83 bits per heavy atom. The Hall–Kier alpha value is -1.86. The number of nitrogens with one attached hydrogen (secondary N) is 2. The van der Waals surface area contributed by atoms with Crippen LogP contribution in [0.25, 0.3) is 0 Å². The van der Waals surface area contributed by atoms with Crippen molar-refractivity contribution in [3.05, 3.63) is 42.4 Å². The second kappa shape index (κ2) is 4.79. The van der Waals surface area contributed by atoms with E-state index < -0.39 is 10.0 Å². The van der Waals surface area contributed by atoms with Gasteiger partial charge < -0.3 is 10.7 Å². The lowest BCUT2D eigenvalue weighted by Gasteiger charge is -2.10. The first-order valence-electron chi connectivity index (χ1n) is 5.36. The van der Waals surface area contributed by atoms with Gasteiger partial charge in [-0.25, -0.2) is 4.98 Å². The van der Waals surface area contributed by atoms with Crippen LogP contribution in [-0.4, -0.2) is 18.4 Å². The van der Waals surface area contributed by atoms with Gasteiger partial charge in [0, 0.05) is 11.7 Å². The molecule has 0 amide bonds. The smallest absolute Gasteiger partial charge is 0.278 e. The van der Waals surface area contributed by atoms with E-state index in [0.717, 1.165) is 5.56 Å². The molecule has 7 heteroatoms. The van der Waals surface area contributed by atoms with Crippen LogP contribution in [0.15, 0.2) is 41.8 Å². The predicted molar refractivity (Wildman–Crippen MR) is 68.4 cm³/mol. The van der Waals surface area contributed by atoms with E-state index in [2.05, 4.69) is 14.7 Å². The normalized spacial score (nSPS) is 13.2. The molecule has 1 unspecified atom stereocenters. The van der Waals surface area contributed by atoms with E-state index in [1.54, 1.807) is 18.2 Å². The van der Waals surface area contributed by atoms with Crippen LogP contribution in [0, 0.1) is 0 Å². The van der Waals surface area contributed by atoms with Crippen molar-refractivity contribution in [1.82, 2.24) is 9.97 Å². The molecule has 2 rings (SSSR count). The summed E-state index contributed by atoms with van der Waals surface area (Å²) in [5.41, 5.74) is 7.08. The average Bonchev–Trinajstić information content (AvgIpc) is 2.82. The van der Waals surface area contributed by atoms with Crippen molar-refractivity contribution in [2.45, 2.75) is 18.0 Å². The lowest BCUT2D eigenvalue weighted by atomic mass is 10.1. The molecule has 18 heavy (non-hydrogen) atoms. The molecular weight excluding hydrogens is 252 g/mol. The Bertz CT molecular complexity index is 620. The van der Waals surface area contributed by atoms with Crippen LogP contribution >= 0.6 is 0 Å². The summed E-state index contributed by atoms with van der Waals surface area (Å²) < 4.78 is 26.3. The van der Waals surface area contributed by atoms with Crippen LogP contribution in [0.2, 0.25) is 0 Å². The standard InChI is InChI=1S/C11H14N4O2S/c1-8(12)9-3-2-4-10(5-9)15-18(16,17)11-6-13-7-14-11/h2-8,15H,12H2,1H3,(H,13,14). The Labute approximate surface area is 105 Å². The van der Waals surface area contributed by atoms with Crippen molar-refractivity contribution >= 4 is 15.7 Å². The molecule has 0 aliphatic heterocycles. The van der Waals surface area contributed by atoms with Gasteiger partial charge in [-0.1, -0.05) is 12.1 Å². The van der Waals surface area contributed by atoms with Crippen LogP contribution < -0.4 is 10.5 Å². The topological polar surface area (TPSA) is 101 Å². The van der Waals surface area contributed by atoms with Crippen molar-refractivity contribution in [3.8, 4) is 0 Å². The van der Waals surface area contributed by atoms with Crippen molar-refractivity contribution in [1.29, 1.82) is 0 Å². The zero-order valence-corrected chi connectivity index (χ0v) is 10.6. The minimum absolute atomic E-state index is 0.0219. The largest absolute Gasteiger partial charge is 0.334 e. The zero-order chi connectivity index (χ0) is 13.2. The minimum Gasteiger partial charge on any atom is -0.334 e. The molecule has 0 saturated heterocycles. The van der Waals surface area contributed by atoms with Gasteiger partial charge in [0.15, 0.2) is 5.03 Å². The predicted octanol–water partition coefficient (Wildman–Crippen LogP) is 1.23. The Morgan fingerprint density at radius 1 is 1.44 bits per heavy atom. The number of aromatic nitrogens is 2. The number of nitrogens with two attached hydrogens (primary N) is 1. The number of imidazole rings is 1. The van der Waals surface area contributed by atoms with E-state index in [0.29, 0.717) is 5.69 Å². The van der Waals surface area contributed by atoms with Gasteiger partial charge in [0.25, 0.3) is 10.0 Å². The van der Waals surface area contributed by atoms with Crippen molar-refractivity contribution in [2.24, 2.45) is 5.73 Å². The second-order valence-corrected chi connectivity index (χ2v) is 5.59. The van der Waals surface area contributed by atoms with E-state index >= 15 is 0 Å². The maximum absolute atomic E-state index is 11.9. The molecule has 0 radical (unpaired) electrons. The van der Waals surface area contributed by atoms with Gasteiger partial charge in [0.2, 0.25) is 0 Å². The van der Waals surface area contributed by atoms with Crippen LogP contribution in [-0.2, 0) is 10.0 Å². The van der Waals surface area contributed by atoms with Crippen LogP contribution in [0.3, 0.4) is 0 Å². The van der Waals surface area contributed by atoms with Gasteiger partial charge in [-0.15, -0.1) is 0 Å². The third-order valence-electron chi connectivity index (χ3n) is 2.43. The molecule has 96 valence electrons. The molecule has 6 nitrogen and oxygen atoms in total. The molecule has 1 heterocycles. The highest BCUT2D eigenvalue weighted by Gasteiger charge is 2.15. The van der Waals surface area contributed by atoms with Crippen molar-refractivity contribution in [3.63, 3.8) is 0 Å². The van der Waals surface area contributed by atoms with Crippen LogP contribution in [0.1, 0.15) is 18.5 Å². The lowest BCUT2D eigenvalue weighted by molar-refractivity contribution is 0.598. The highest BCUT2D eigenvalue weighted by Crippen LogP contribution is 2.18. The monoisotopic (exact) mass is 266 g/mol. The molecule has 0 bridgehead atoms. The van der Waals surface area contributed by atoms with E-state index in [1.165, 1.54) is 12.5 Å². The first-order chi connectivity index (χ1) is 8.49. The highest BCUT2D eigenvalue weighted by molar-refractivity contribution is 7.92. The Kier molecular flexibility index (Phi) is 3.35. The van der Waals surface area contributed by atoms with E-state index in [4.69, 9.17) is 5.73 Å². The lowest BCUT2D eigenvalue weighted by Crippen LogP contribution is -2.14. The third-order valence-corrected chi connectivity index (χ3v) is 3.73. The number of H-pyrrole nitrogens is 1. The number of hydrogen-bond donors (Lipinski definition) is 3. The summed E-state index contributed by atoms with van der Waals surface area (Å²) in [7, 11) is -3.62. The first-order valence-corrected chi connectivity index (χ1v) is 6.84. The van der Waals surface area contributed by atoms with E-state index in [9.17, 15) is 8.42 Å². The molecule has 0 aliphatic carbocycles. The number of rotatable bonds is 4. The van der Waals surface area contributed by atoms with Gasteiger partial charge in [0.1, 0.15) is 0 Å². The third kappa shape index (κ3) is 2.69. The maximum atomic E-state index is 11.9. The number of sulfonamides is 1. The fourth-order valence-electron chi connectivity index (χ4n) is 1.49. The first kappa shape index (κ1) is 12.6. The number of anilines is 1. The molecule has 1 aromatic heterocycles. The molecule has 2 aromatic rings. The van der Waals surface area contributed by atoms with Crippen LogP contribution in [0.4, 0.5) is 5.69 Å². The summed E-state index contributed by atoms with van der Waals surface area (Å²) in [4.78, 5) is 6.23. The fraction of sp³-hybridized carbons (Fsp3) is 0.182. The molecular formula is C11H14N4O2S. The molecule has 1 atom stereocenters. The van der Waals surface area contributed by atoms with Crippen molar-refractivity contribution in [2.75, 3.05) is 4.72 Å². The Balaban J connectivity index is 2.27. The molecule has 0 fully saturated rings. The molecule has 0 aliphatic rings. The zero-order valence-electron chi connectivity index (χ0n) is 9.79. The maximum Gasteiger partial charge on any atom is 0.278 e. The summed E-state index contributed by atoms with van der Waals surface area (Å²) in [5.74, 6) is 0. The molecule has 0 spiro atoms. The number of benzene rings is 1. The Morgan fingerprint density at radius 2 is 2.22 bits per heavy atom. The average molecular weight is 266 g/mol. The number of aromatic amines is 1. The minimum atomic E-state index is -3.62. The summed E-state index contributed by atoms with van der Waals surface area (Å²) >= 11 is 0. The van der Waals surface area contributed by atoms with Gasteiger partial charge >= 0.3 is 0 Å². The van der Waals surface area contributed by atoms with Gasteiger partial charge in [0.05, 0.1) is 12.5 Å². The SMILES string of the molecule is CC(N)c1cccc(NS(=O)(=O)c2cnc[nH]2)c1. The van der Waals surface area contributed by atoms with E-state index in [-0.39, 0.29) is 11.1 Å². The summed E-state index contributed by atoms with van der Waals surface area (Å²) in [6.45, 7) is 1.84. The summed E-state index contributed by atoms with van der Waals surface area (Å²) in [6.07, 6.45) is 2.56. The number of hydrogen-bond acceptors (Lipinski definition) is 4.